The molecule has 9 nitrogen and oxygen atoms in total. The molecule has 236 valence electrons. The number of aliphatic carboxylic acids is 1. The highest BCUT2D eigenvalue weighted by molar-refractivity contribution is 6.32. The maximum Gasteiger partial charge on any atom is 0.416 e. The van der Waals surface area contributed by atoms with Gasteiger partial charge in [-0.2, -0.15) is 22.0 Å². The molecule has 0 radical (unpaired) electrons. The van der Waals surface area contributed by atoms with Crippen molar-refractivity contribution in [2.45, 2.75) is 56.9 Å². The monoisotopic (exact) mass is 642 g/mol. The predicted molar refractivity (Wildman–Crippen MR) is 146 cm³/mol. The zero-order chi connectivity index (χ0) is 32.0. The molecule has 1 fully saturated rings. The molecule has 1 N–H and O–H groups in total. The van der Waals surface area contributed by atoms with Crippen molar-refractivity contribution in [3.05, 3.63) is 69.8 Å². The molecule has 5 rings (SSSR count). The number of likely N-dealkylation sites (tertiary alicyclic amines) is 1. The van der Waals surface area contributed by atoms with Crippen LogP contribution in [0.15, 0.2) is 36.4 Å². The van der Waals surface area contributed by atoms with E-state index in [0.717, 1.165) is 22.8 Å². The summed E-state index contributed by atoms with van der Waals surface area (Å²) in [5, 5.41) is 16.7. The molecule has 2 aliphatic heterocycles. The van der Waals surface area contributed by atoms with Gasteiger partial charge in [0.25, 0.3) is 0 Å². The minimum Gasteiger partial charge on any atom is -0.495 e. The van der Waals surface area contributed by atoms with Crippen LogP contribution in [0.3, 0.4) is 0 Å². The molecule has 44 heavy (non-hydrogen) atoms. The number of rotatable bonds is 7. The first-order valence-corrected chi connectivity index (χ1v) is 14.1. The zero-order valence-electron chi connectivity index (χ0n) is 23.6. The topological polar surface area (TPSA) is 107 Å². The fourth-order valence-electron chi connectivity index (χ4n) is 5.66. The number of nitrogens with zero attached hydrogens (tertiary/aromatic N) is 4. The van der Waals surface area contributed by atoms with Crippen LogP contribution >= 0.6 is 11.6 Å². The number of carbonyl (C=O) groups excluding carboxylic acids is 1. The summed E-state index contributed by atoms with van der Waals surface area (Å²) in [6, 6.07) is 7.20. The van der Waals surface area contributed by atoms with E-state index >= 15 is 0 Å². The summed E-state index contributed by atoms with van der Waals surface area (Å²) in [6.45, 7) is 1.13. The van der Waals surface area contributed by atoms with Crippen molar-refractivity contribution < 1.29 is 46.1 Å². The van der Waals surface area contributed by atoms with Crippen LogP contribution < -0.4 is 4.74 Å². The highest BCUT2D eigenvalue weighted by Gasteiger charge is 2.42. The predicted octanol–water partition coefficient (Wildman–Crippen LogP) is 6.32. The molecule has 0 unspecified atom stereocenters. The quantitative estimate of drug-likeness (QED) is 0.301. The minimum atomic E-state index is -4.78. The molecule has 0 aliphatic carbocycles. The van der Waals surface area contributed by atoms with Gasteiger partial charge in [-0.25, -0.2) is 0 Å². The van der Waals surface area contributed by atoms with Crippen LogP contribution in [0.25, 0.3) is 5.69 Å². The van der Waals surface area contributed by atoms with E-state index < -0.39 is 54.0 Å². The summed E-state index contributed by atoms with van der Waals surface area (Å²) < 4.78 is 84.1. The standard InChI is InChI=1S/C29H28ClF5N4O5/c1-28(31,32)27-37-36-26-21(14-22(40)38-10-8-15(9-11-38)12-23(41)42)44-25(17-4-3-5-20(43-2)24(17)30)18-13-16(29(33,34)35)6-7-19(18)39(26)27/h3-7,13,15,21,25H,8-12,14H2,1-2H3,(H,41,42)/t21-,25-/m1/s1. The Labute approximate surface area is 253 Å². The molecular weight excluding hydrogens is 615 g/mol. The van der Waals surface area contributed by atoms with Crippen molar-refractivity contribution in [2.24, 2.45) is 5.92 Å². The Bertz CT molecular complexity index is 1570. The number of piperidine rings is 1. The smallest absolute Gasteiger partial charge is 0.416 e. The van der Waals surface area contributed by atoms with Gasteiger partial charge in [0.15, 0.2) is 5.82 Å². The number of carboxylic acid groups (broad SMARTS) is 1. The normalized spacial score (nSPS) is 19.2. The van der Waals surface area contributed by atoms with E-state index in [-0.39, 0.29) is 58.8 Å². The number of hydrogen-bond acceptors (Lipinski definition) is 6. The van der Waals surface area contributed by atoms with Crippen LogP contribution in [0.5, 0.6) is 5.75 Å². The molecule has 2 aliphatic rings. The van der Waals surface area contributed by atoms with Crippen molar-refractivity contribution in [3.63, 3.8) is 0 Å². The number of carbonyl (C=O) groups is 2. The Morgan fingerprint density at radius 3 is 2.39 bits per heavy atom. The highest BCUT2D eigenvalue weighted by Crippen LogP contribution is 2.47. The number of carboxylic acids is 1. The number of methoxy groups -OCH3 is 1. The van der Waals surface area contributed by atoms with Gasteiger partial charge in [-0.3, -0.25) is 14.2 Å². The van der Waals surface area contributed by atoms with E-state index in [1.54, 1.807) is 6.07 Å². The van der Waals surface area contributed by atoms with Gasteiger partial charge in [-0.05, 0) is 43.0 Å². The van der Waals surface area contributed by atoms with Crippen LogP contribution in [0.1, 0.15) is 73.2 Å². The number of aromatic nitrogens is 3. The molecule has 1 aromatic heterocycles. The molecule has 1 saturated heterocycles. The number of benzene rings is 2. The second-order valence-corrected chi connectivity index (χ2v) is 11.2. The van der Waals surface area contributed by atoms with E-state index in [4.69, 9.17) is 26.2 Å². The third kappa shape index (κ3) is 6.23. The van der Waals surface area contributed by atoms with E-state index in [2.05, 4.69) is 10.2 Å². The third-order valence-corrected chi connectivity index (χ3v) is 8.24. The third-order valence-electron chi connectivity index (χ3n) is 7.83. The summed E-state index contributed by atoms with van der Waals surface area (Å²) in [4.78, 5) is 26.1. The van der Waals surface area contributed by atoms with E-state index in [1.165, 1.54) is 24.1 Å². The Balaban J connectivity index is 1.62. The molecule has 15 heteroatoms. The SMILES string of the molecule is COc1cccc([C@H]2O[C@H](CC(=O)N3CCC(CC(=O)O)CC3)c3nnc(C(C)(F)F)n3-c3ccc(C(F)(F)F)cc32)c1Cl. The second-order valence-electron chi connectivity index (χ2n) is 10.9. The highest BCUT2D eigenvalue weighted by atomic mass is 35.5. The summed E-state index contributed by atoms with van der Waals surface area (Å²) in [7, 11) is 1.35. The van der Waals surface area contributed by atoms with Crippen LogP contribution in [0.4, 0.5) is 22.0 Å². The molecular formula is C29H28ClF5N4O5. The van der Waals surface area contributed by atoms with Crippen molar-refractivity contribution >= 4 is 23.5 Å². The van der Waals surface area contributed by atoms with Gasteiger partial charge < -0.3 is 19.5 Å². The van der Waals surface area contributed by atoms with Crippen molar-refractivity contribution in [1.29, 1.82) is 0 Å². The number of fused-ring (bicyclic) bond motifs is 3. The number of ether oxygens (including phenoxy) is 2. The van der Waals surface area contributed by atoms with Gasteiger partial charge in [0.05, 0.1) is 29.8 Å². The van der Waals surface area contributed by atoms with E-state index in [1.807, 2.05) is 0 Å². The van der Waals surface area contributed by atoms with E-state index in [9.17, 15) is 31.5 Å². The first-order chi connectivity index (χ1) is 20.7. The largest absolute Gasteiger partial charge is 0.495 e. The lowest BCUT2D eigenvalue weighted by atomic mass is 9.93. The van der Waals surface area contributed by atoms with E-state index in [0.29, 0.717) is 19.8 Å². The second kappa shape index (κ2) is 12.0. The average molecular weight is 643 g/mol. The van der Waals surface area contributed by atoms with Crippen molar-refractivity contribution in [2.75, 3.05) is 20.2 Å². The molecule has 3 heterocycles. The minimum absolute atomic E-state index is 0.0210. The van der Waals surface area contributed by atoms with Crippen LogP contribution in [-0.2, 0) is 26.4 Å². The maximum atomic E-state index is 14.9. The Morgan fingerprint density at radius 1 is 1.07 bits per heavy atom. The van der Waals surface area contributed by atoms with Crippen molar-refractivity contribution in [3.8, 4) is 11.4 Å². The van der Waals surface area contributed by atoms with Crippen LogP contribution in [0, 0.1) is 5.92 Å². The number of halogens is 6. The molecule has 3 aromatic rings. The molecule has 1 amide bonds. The summed E-state index contributed by atoms with van der Waals surface area (Å²) in [6.07, 6.45) is -6.99. The lowest BCUT2D eigenvalue weighted by molar-refractivity contribution is -0.139. The van der Waals surface area contributed by atoms with Gasteiger partial charge in [-0.15, -0.1) is 10.2 Å². The Hall–Kier alpha value is -3.78. The summed E-state index contributed by atoms with van der Waals surface area (Å²) in [5.74, 6) is -5.87. The molecule has 0 saturated carbocycles. The summed E-state index contributed by atoms with van der Waals surface area (Å²) in [5.41, 5.74) is -1.11. The first-order valence-electron chi connectivity index (χ1n) is 13.7. The number of hydrogen-bond donors (Lipinski definition) is 1. The molecule has 0 spiro atoms. The lowest BCUT2D eigenvalue weighted by Crippen LogP contribution is -2.39. The van der Waals surface area contributed by atoms with Crippen LogP contribution in [-0.4, -0.2) is 56.8 Å². The van der Waals surface area contributed by atoms with Gasteiger partial charge in [0.1, 0.15) is 18.0 Å². The lowest BCUT2D eigenvalue weighted by Gasteiger charge is -2.32. The number of alkyl halides is 5. The van der Waals surface area contributed by atoms with Crippen molar-refractivity contribution in [1.82, 2.24) is 19.7 Å². The molecule has 2 atom stereocenters. The van der Waals surface area contributed by atoms with Crippen LogP contribution in [0.2, 0.25) is 5.02 Å². The zero-order valence-corrected chi connectivity index (χ0v) is 24.3. The Morgan fingerprint density at radius 2 is 1.77 bits per heavy atom. The van der Waals surface area contributed by atoms with Gasteiger partial charge >= 0.3 is 18.1 Å². The fourth-order valence-corrected chi connectivity index (χ4v) is 5.96. The molecule has 2 aromatic carbocycles. The van der Waals surface area contributed by atoms with Gasteiger partial charge in [0.2, 0.25) is 11.7 Å². The molecule has 0 bridgehead atoms. The van der Waals surface area contributed by atoms with Gasteiger partial charge in [0, 0.05) is 37.6 Å². The Kier molecular flexibility index (Phi) is 8.60. The van der Waals surface area contributed by atoms with Gasteiger partial charge in [-0.1, -0.05) is 23.7 Å². The maximum absolute atomic E-state index is 14.9. The summed E-state index contributed by atoms with van der Waals surface area (Å²) >= 11 is 6.61. The first kappa shape index (κ1) is 31.6. The fraction of sp³-hybridized carbons (Fsp3) is 0.448. The average Bonchev–Trinajstić information content (AvgIpc) is 3.36. The number of amides is 1.